The van der Waals surface area contributed by atoms with Crippen LogP contribution in [0.5, 0.6) is 5.75 Å². The summed E-state index contributed by atoms with van der Waals surface area (Å²) in [6, 6.07) is 14.0. The van der Waals surface area contributed by atoms with Gasteiger partial charge in [0, 0.05) is 10.7 Å². The van der Waals surface area contributed by atoms with Crippen LogP contribution in [0, 0.1) is 6.92 Å². The van der Waals surface area contributed by atoms with E-state index in [9.17, 15) is 9.59 Å². The van der Waals surface area contributed by atoms with Gasteiger partial charge in [0.1, 0.15) is 5.75 Å². The molecule has 0 radical (unpaired) electrons. The van der Waals surface area contributed by atoms with E-state index >= 15 is 0 Å². The fraction of sp³-hybridized carbons (Fsp3) is 0.263. The minimum atomic E-state index is -0.940. The van der Waals surface area contributed by atoms with Crippen LogP contribution in [0.2, 0.25) is 5.02 Å². The van der Waals surface area contributed by atoms with Crippen molar-refractivity contribution in [1.29, 1.82) is 0 Å². The first-order valence-electron chi connectivity index (χ1n) is 7.85. The Hall–Kier alpha value is -2.53. The minimum Gasteiger partial charge on any atom is -0.479 e. The van der Waals surface area contributed by atoms with E-state index in [1.54, 1.807) is 43.3 Å². The molecule has 0 bridgehead atoms. The van der Waals surface area contributed by atoms with Gasteiger partial charge >= 0.3 is 5.97 Å². The summed E-state index contributed by atoms with van der Waals surface area (Å²) in [4.78, 5) is 24.2. The van der Waals surface area contributed by atoms with Crippen LogP contribution in [0.15, 0.2) is 48.5 Å². The summed E-state index contributed by atoms with van der Waals surface area (Å²) in [5.74, 6) is -0.539. The lowest BCUT2D eigenvalue weighted by Crippen LogP contribution is -2.35. The van der Waals surface area contributed by atoms with E-state index in [0.717, 1.165) is 5.56 Å². The van der Waals surface area contributed by atoms with Gasteiger partial charge in [0.15, 0.2) is 12.2 Å². The Morgan fingerprint density at radius 2 is 1.56 bits per heavy atom. The van der Waals surface area contributed by atoms with Crippen LogP contribution < -0.4 is 10.1 Å². The van der Waals surface area contributed by atoms with Gasteiger partial charge in [-0.25, -0.2) is 4.79 Å². The molecule has 0 aromatic heterocycles. The first-order valence-corrected chi connectivity index (χ1v) is 8.23. The number of carbonyl (C=O) groups excluding carboxylic acids is 2. The average Bonchev–Trinajstić information content (AvgIpc) is 2.58. The number of rotatable bonds is 6. The molecular weight excluding hydrogens is 342 g/mol. The molecule has 0 unspecified atom stereocenters. The summed E-state index contributed by atoms with van der Waals surface area (Å²) in [5.41, 5.74) is 1.73. The van der Waals surface area contributed by atoms with Crippen LogP contribution in [0.1, 0.15) is 19.4 Å². The third kappa shape index (κ3) is 5.80. The first-order chi connectivity index (χ1) is 11.8. The van der Waals surface area contributed by atoms with Crippen LogP contribution in [0.3, 0.4) is 0 Å². The predicted octanol–water partition coefficient (Wildman–Crippen LogP) is 3.99. The van der Waals surface area contributed by atoms with Gasteiger partial charge in [-0.2, -0.15) is 0 Å². The molecule has 2 aromatic rings. The molecule has 6 heteroatoms. The Morgan fingerprint density at radius 3 is 2.16 bits per heavy atom. The molecule has 0 aliphatic heterocycles. The maximum atomic E-state index is 12.1. The molecule has 0 fully saturated rings. The SMILES string of the molecule is Cc1ccc(NC(=O)[C@H](C)OC(=O)[C@H](C)Oc2ccc(Cl)cc2)cc1. The molecule has 0 saturated heterocycles. The number of hydrogen-bond donors (Lipinski definition) is 1. The summed E-state index contributed by atoms with van der Waals surface area (Å²) >= 11 is 5.80. The topological polar surface area (TPSA) is 64.6 Å². The highest BCUT2D eigenvalue weighted by Gasteiger charge is 2.23. The van der Waals surface area contributed by atoms with Crippen LogP contribution in [-0.4, -0.2) is 24.1 Å². The Bertz CT molecular complexity index is 728. The number of amides is 1. The van der Waals surface area contributed by atoms with Gasteiger partial charge in [0.05, 0.1) is 0 Å². The van der Waals surface area contributed by atoms with Crippen molar-refractivity contribution in [3.63, 3.8) is 0 Å². The summed E-state index contributed by atoms with van der Waals surface area (Å²) in [6.45, 7) is 5.02. The zero-order chi connectivity index (χ0) is 18.4. The van der Waals surface area contributed by atoms with Crippen molar-refractivity contribution in [1.82, 2.24) is 0 Å². The Balaban J connectivity index is 1.86. The second-order valence-corrected chi connectivity index (χ2v) is 6.08. The van der Waals surface area contributed by atoms with Gasteiger partial charge in [0.25, 0.3) is 5.91 Å². The second-order valence-electron chi connectivity index (χ2n) is 5.65. The molecule has 5 nitrogen and oxygen atoms in total. The van der Waals surface area contributed by atoms with E-state index in [1.807, 2.05) is 19.1 Å². The smallest absolute Gasteiger partial charge is 0.347 e. The van der Waals surface area contributed by atoms with Crippen molar-refractivity contribution in [2.45, 2.75) is 33.0 Å². The number of halogens is 1. The molecule has 2 rings (SSSR count). The molecule has 0 saturated carbocycles. The number of benzene rings is 2. The minimum absolute atomic E-state index is 0.407. The van der Waals surface area contributed by atoms with Crippen LogP contribution in [-0.2, 0) is 14.3 Å². The van der Waals surface area contributed by atoms with Crippen molar-refractivity contribution in [2.75, 3.05) is 5.32 Å². The number of hydrogen-bond acceptors (Lipinski definition) is 4. The lowest BCUT2D eigenvalue weighted by atomic mass is 10.2. The Morgan fingerprint density at radius 1 is 0.960 bits per heavy atom. The molecule has 0 heterocycles. The maximum Gasteiger partial charge on any atom is 0.347 e. The third-order valence-electron chi connectivity index (χ3n) is 3.44. The summed E-state index contributed by atoms with van der Waals surface area (Å²) in [6.07, 6.45) is -1.79. The monoisotopic (exact) mass is 361 g/mol. The van der Waals surface area contributed by atoms with Crippen LogP contribution >= 0.6 is 11.6 Å². The second kappa shape index (κ2) is 8.53. The lowest BCUT2D eigenvalue weighted by Gasteiger charge is -2.18. The predicted molar refractivity (Wildman–Crippen MR) is 96.9 cm³/mol. The van der Waals surface area contributed by atoms with Crippen LogP contribution in [0.25, 0.3) is 0 Å². The normalized spacial score (nSPS) is 12.8. The van der Waals surface area contributed by atoms with E-state index in [4.69, 9.17) is 21.1 Å². The number of esters is 1. The van der Waals surface area contributed by atoms with Gasteiger partial charge in [0.2, 0.25) is 0 Å². The first kappa shape index (κ1) is 18.8. The fourth-order valence-electron chi connectivity index (χ4n) is 1.97. The van der Waals surface area contributed by atoms with E-state index in [0.29, 0.717) is 16.5 Å². The molecule has 25 heavy (non-hydrogen) atoms. The molecule has 132 valence electrons. The van der Waals surface area contributed by atoms with Gasteiger partial charge in [-0.05, 0) is 57.2 Å². The van der Waals surface area contributed by atoms with Gasteiger partial charge in [-0.3, -0.25) is 4.79 Å². The van der Waals surface area contributed by atoms with E-state index in [1.165, 1.54) is 6.92 Å². The zero-order valence-corrected chi connectivity index (χ0v) is 15.0. The Labute approximate surface area is 151 Å². The number of ether oxygens (including phenoxy) is 2. The maximum absolute atomic E-state index is 12.1. The van der Waals surface area contributed by atoms with Gasteiger partial charge < -0.3 is 14.8 Å². The van der Waals surface area contributed by atoms with Gasteiger partial charge in [-0.1, -0.05) is 29.3 Å². The molecular formula is C19H20ClNO4. The lowest BCUT2D eigenvalue weighted by molar-refractivity contribution is -0.159. The highest BCUT2D eigenvalue weighted by Crippen LogP contribution is 2.17. The molecule has 2 aromatic carbocycles. The van der Waals surface area contributed by atoms with Crippen molar-refractivity contribution < 1.29 is 19.1 Å². The quantitative estimate of drug-likeness (QED) is 0.790. The van der Waals surface area contributed by atoms with Crippen molar-refractivity contribution >= 4 is 29.2 Å². The molecule has 1 N–H and O–H groups in total. The number of aryl methyl sites for hydroxylation is 1. The van der Waals surface area contributed by atoms with Crippen molar-refractivity contribution in [3.05, 3.63) is 59.1 Å². The van der Waals surface area contributed by atoms with E-state index in [2.05, 4.69) is 5.32 Å². The molecule has 2 atom stereocenters. The number of anilines is 1. The fourth-order valence-corrected chi connectivity index (χ4v) is 2.10. The summed E-state index contributed by atoms with van der Waals surface area (Å²) in [5, 5.41) is 3.27. The van der Waals surface area contributed by atoms with E-state index in [-0.39, 0.29) is 0 Å². The molecule has 0 aliphatic carbocycles. The molecule has 1 amide bonds. The zero-order valence-electron chi connectivity index (χ0n) is 14.3. The van der Waals surface area contributed by atoms with E-state index < -0.39 is 24.1 Å². The Kier molecular flexibility index (Phi) is 6.42. The largest absolute Gasteiger partial charge is 0.479 e. The van der Waals surface area contributed by atoms with Gasteiger partial charge in [-0.15, -0.1) is 0 Å². The highest BCUT2D eigenvalue weighted by molar-refractivity contribution is 6.30. The highest BCUT2D eigenvalue weighted by atomic mass is 35.5. The van der Waals surface area contributed by atoms with Crippen molar-refractivity contribution in [2.24, 2.45) is 0 Å². The summed E-state index contributed by atoms with van der Waals surface area (Å²) in [7, 11) is 0. The summed E-state index contributed by atoms with van der Waals surface area (Å²) < 4.78 is 10.6. The molecule has 0 spiro atoms. The standard InChI is InChI=1S/C19H20ClNO4/c1-12-4-8-16(9-5-12)21-18(22)13(2)25-19(23)14(3)24-17-10-6-15(20)7-11-17/h4-11,13-14H,1-3H3,(H,21,22)/t13-,14-/m0/s1. The number of carbonyl (C=O) groups is 2. The third-order valence-corrected chi connectivity index (χ3v) is 3.69. The average molecular weight is 362 g/mol. The van der Waals surface area contributed by atoms with Crippen molar-refractivity contribution in [3.8, 4) is 5.75 Å². The molecule has 0 aliphatic rings. The van der Waals surface area contributed by atoms with Crippen LogP contribution in [0.4, 0.5) is 5.69 Å². The number of nitrogens with one attached hydrogen (secondary N) is 1.